The van der Waals surface area contributed by atoms with Crippen molar-refractivity contribution in [1.29, 1.82) is 0 Å². The van der Waals surface area contributed by atoms with Crippen molar-refractivity contribution in [2.24, 2.45) is 0 Å². The quantitative estimate of drug-likeness (QED) is 0.758. The van der Waals surface area contributed by atoms with Crippen LogP contribution in [0.5, 0.6) is 5.75 Å². The first-order valence-corrected chi connectivity index (χ1v) is 7.02. The van der Waals surface area contributed by atoms with Crippen LogP contribution in [-0.4, -0.2) is 23.2 Å². The molecule has 0 aliphatic carbocycles. The number of rotatable bonds is 6. The van der Waals surface area contributed by atoms with Gasteiger partial charge in [-0.1, -0.05) is 13.8 Å². The van der Waals surface area contributed by atoms with Crippen molar-refractivity contribution < 1.29 is 13.9 Å². The molecule has 0 atom stereocenters. The van der Waals surface area contributed by atoms with E-state index in [4.69, 9.17) is 4.74 Å². The molecule has 0 radical (unpaired) electrons. The first-order chi connectivity index (χ1) is 10.1. The largest absolute Gasteiger partial charge is 0.494 e. The summed E-state index contributed by atoms with van der Waals surface area (Å²) >= 11 is 0. The zero-order valence-electron chi connectivity index (χ0n) is 12.5. The third kappa shape index (κ3) is 2.96. The second-order valence-electron chi connectivity index (χ2n) is 4.85. The summed E-state index contributed by atoms with van der Waals surface area (Å²) in [5.41, 5.74) is 1.71. The molecule has 21 heavy (non-hydrogen) atoms. The topological polar surface area (TPSA) is 44.1 Å². The third-order valence-electron chi connectivity index (χ3n) is 3.63. The average molecular weight is 290 g/mol. The summed E-state index contributed by atoms with van der Waals surface area (Å²) in [6.07, 6.45) is 4.39. The van der Waals surface area contributed by atoms with Gasteiger partial charge in [0, 0.05) is 11.8 Å². The Morgan fingerprint density at radius 1 is 1.38 bits per heavy atom. The Hall–Kier alpha value is -2.17. The molecule has 0 bridgehead atoms. The van der Waals surface area contributed by atoms with Gasteiger partial charge in [0.25, 0.3) is 0 Å². The molecule has 0 saturated heterocycles. The summed E-state index contributed by atoms with van der Waals surface area (Å²) in [6, 6.07) is 4.73. The summed E-state index contributed by atoms with van der Waals surface area (Å²) in [5.74, 6) is -0.297. The lowest BCUT2D eigenvalue weighted by atomic mass is 10.1. The van der Waals surface area contributed by atoms with E-state index in [9.17, 15) is 9.18 Å². The van der Waals surface area contributed by atoms with Crippen molar-refractivity contribution in [3.05, 3.63) is 35.8 Å². The first-order valence-electron chi connectivity index (χ1n) is 7.02. The Bertz CT molecular complexity index is 633. The van der Waals surface area contributed by atoms with E-state index >= 15 is 0 Å². The summed E-state index contributed by atoms with van der Waals surface area (Å²) in [7, 11) is 1.41. The van der Waals surface area contributed by atoms with E-state index in [1.54, 1.807) is 18.3 Å². The van der Waals surface area contributed by atoms with Gasteiger partial charge >= 0.3 is 0 Å². The molecule has 2 aromatic rings. The number of hydrogen-bond acceptors (Lipinski definition) is 3. The lowest BCUT2D eigenvalue weighted by Gasteiger charge is -2.12. The molecule has 1 aromatic carbocycles. The van der Waals surface area contributed by atoms with Crippen molar-refractivity contribution in [3.63, 3.8) is 0 Å². The van der Waals surface area contributed by atoms with E-state index in [1.807, 2.05) is 4.68 Å². The second kappa shape index (κ2) is 6.52. The minimum Gasteiger partial charge on any atom is -0.494 e. The molecule has 0 N–H and O–H groups in total. The molecular weight excluding hydrogens is 271 g/mol. The molecule has 0 aliphatic rings. The molecule has 0 amide bonds. The maximum atomic E-state index is 13.5. The number of aldehydes is 1. The van der Waals surface area contributed by atoms with Gasteiger partial charge in [-0.05, 0) is 31.0 Å². The molecule has 2 rings (SSSR count). The predicted molar refractivity (Wildman–Crippen MR) is 79.2 cm³/mol. The summed E-state index contributed by atoms with van der Waals surface area (Å²) in [4.78, 5) is 11.3. The van der Waals surface area contributed by atoms with Crippen LogP contribution in [0.1, 0.15) is 43.1 Å². The van der Waals surface area contributed by atoms with Crippen molar-refractivity contribution in [3.8, 4) is 17.0 Å². The first kappa shape index (κ1) is 15.2. The third-order valence-corrected chi connectivity index (χ3v) is 3.63. The number of ether oxygens (including phenoxy) is 1. The number of carbonyl (C=O) groups is 1. The highest BCUT2D eigenvalue weighted by Gasteiger charge is 2.16. The fraction of sp³-hybridized carbons (Fsp3) is 0.375. The highest BCUT2D eigenvalue weighted by Crippen LogP contribution is 2.28. The number of nitrogens with zero attached hydrogens (tertiary/aromatic N) is 2. The number of aromatic nitrogens is 2. The Kier molecular flexibility index (Phi) is 4.73. The number of benzene rings is 1. The number of methoxy groups -OCH3 is 1. The van der Waals surface area contributed by atoms with Gasteiger partial charge in [-0.2, -0.15) is 5.10 Å². The Morgan fingerprint density at radius 2 is 2.10 bits per heavy atom. The smallest absolute Gasteiger partial charge is 0.165 e. The van der Waals surface area contributed by atoms with Crippen molar-refractivity contribution in [2.45, 2.75) is 32.7 Å². The minimum absolute atomic E-state index is 0.140. The molecule has 1 aromatic heterocycles. The van der Waals surface area contributed by atoms with E-state index in [-0.39, 0.29) is 11.8 Å². The molecule has 112 valence electrons. The highest BCUT2D eigenvalue weighted by molar-refractivity contribution is 5.85. The van der Waals surface area contributed by atoms with Gasteiger partial charge in [-0.15, -0.1) is 0 Å². The van der Waals surface area contributed by atoms with Crippen LogP contribution in [0.15, 0.2) is 24.4 Å². The molecule has 5 heteroatoms. The zero-order valence-corrected chi connectivity index (χ0v) is 12.5. The fourth-order valence-corrected chi connectivity index (χ4v) is 2.37. The van der Waals surface area contributed by atoms with Crippen LogP contribution in [-0.2, 0) is 0 Å². The predicted octanol–water partition coefficient (Wildman–Crippen LogP) is 3.87. The summed E-state index contributed by atoms with van der Waals surface area (Å²) < 4.78 is 20.3. The van der Waals surface area contributed by atoms with Crippen LogP contribution in [0, 0.1) is 5.82 Å². The van der Waals surface area contributed by atoms with Crippen LogP contribution >= 0.6 is 0 Å². The number of halogens is 1. The standard InChI is InChI=1S/C16H19FN2O2/c1-4-13(5-2)19-9-12(10-20)16(18-19)11-6-7-14(17)15(8-11)21-3/h6-10,13H,4-5H2,1-3H3. The molecule has 0 saturated carbocycles. The van der Waals surface area contributed by atoms with Gasteiger partial charge in [-0.3, -0.25) is 9.48 Å². The lowest BCUT2D eigenvalue weighted by molar-refractivity contribution is 0.112. The average Bonchev–Trinajstić information content (AvgIpc) is 2.93. The van der Waals surface area contributed by atoms with E-state index in [1.165, 1.54) is 13.2 Å². The molecule has 0 fully saturated rings. The maximum Gasteiger partial charge on any atom is 0.165 e. The van der Waals surface area contributed by atoms with Crippen molar-refractivity contribution >= 4 is 6.29 Å². The van der Waals surface area contributed by atoms with Gasteiger partial charge in [0.1, 0.15) is 5.69 Å². The zero-order chi connectivity index (χ0) is 15.4. The summed E-state index contributed by atoms with van der Waals surface area (Å²) in [5, 5.41) is 4.51. The van der Waals surface area contributed by atoms with E-state index < -0.39 is 5.82 Å². The van der Waals surface area contributed by atoms with E-state index in [0.717, 1.165) is 19.1 Å². The lowest BCUT2D eigenvalue weighted by Crippen LogP contribution is -2.07. The minimum atomic E-state index is -0.437. The van der Waals surface area contributed by atoms with E-state index in [2.05, 4.69) is 18.9 Å². The van der Waals surface area contributed by atoms with Crippen LogP contribution in [0.25, 0.3) is 11.3 Å². The van der Waals surface area contributed by atoms with Crippen molar-refractivity contribution in [1.82, 2.24) is 9.78 Å². The van der Waals surface area contributed by atoms with Crippen molar-refractivity contribution in [2.75, 3.05) is 7.11 Å². The normalized spacial score (nSPS) is 10.9. The van der Waals surface area contributed by atoms with Gasteiger partial charge < -0.3 is 4.74 Å². The number of carbonyl (C=O) groups excluding carboxylic acids is 1. The van der Waals surface area contributed by atoms with Crippen LogP contribution < -0.4 is 4.74 Å². The molecular formula is C16H19FN2O2. The van der Waals surface area contributed by atoms with Gasteiger partial charge in [0.2, 0.25) is 0 Å². The summed E-state index contributed by atoms with van der Waals surface area (Å²) in [6.45, 7) is 4.16. The molecule has 1 heterocycles. The van der Waals surface area contributed by atoms with Gasteiger partial charge in [0.05, 0.1) is 18.7 Å². The monoisotopic (exact) mass is 290 g/mol. The Balaban J connectivity index is 2.50. The molecule has 0 unspecified atom stereocenters. The Labute approximate surface area is 123 Å². The SMILES string of the molecule is CCC(CC)n1cc(C=O)c(-c2ccc(F)c(OC)c2)n1. The van der Waals surface area contributed by atoms with Crippen LogP contribution in [0.2, 0.25) is 0 Å². The number of hydrogen-bond donors (Lipinski definition) is 0. The highest BCUT2D eigenvalue weighted by atomic mass is 19.1. The van der Waals surface area contributed by atoms with Crippen LogP contribution in [0.4, 0.5) is 4.39 Å². The maximum absolute atomic E-state index is 13.5. The molecule has 0 spiro atoms. The molecule has 0 aliphatic heterocycles. The molecule has 4 nitrogen and oxygen atoms in total. The van der Waals surface area contributed by atoms with Gasteiger partial charge in [-0.25, -0.2) is 4.39 Å². The Morgan fingerprint density at radius 3 is 2.67 bits per heavy atom. The van der Waals surface area contributed by atoms with Crippen LogP contribution in [0.3, 0.4) is 0 Å². The second-order valence-corrected chi connectivity index (χ2v) is 4.85. The van der Waals surface area contributed by atoms with Gasteiger partial charge in [0.15, 0.2) is 17.9 Å². The fourth-order valence-electron chi connectivity index (χ4n) is 2.37. The van der Waals surface area contributed by atoms with E-state index in [0.29, 0.717) is 16.8 Å².